The molecule has 7 nitrogen and oxygen atoms in total. The number of likely N-dealkylation sites (tertiary alicyclic amines) is 1. The number of carbonyl (C=O) groups is 2. The minimum Gasteiger partial charge on any atom is -0.343 e. The lowest BCUT2D eigenvalue weighted by atomic mass is 9.89. The summed E-state index contributed by atoms with van der Waals surface area (Å²) in [7, 11) is 0. The molecule has 2 aliphatic rings. The number of anilines is 2. The van der Waals surface area contributed by atoms with Crippen molar-refractivity contribution in [2.75, 3.05) is 31.1 Å². The fourth-order valence-electron chi connectivity index (χ4n) is 4.57. The van der Waals surface area contributed by atoms with Gasteiger partial charge < -0.3 is 10.2 Å². The molecule has 4 rings (SSSR count). The number of nitrogens with one attached hydrogen (secondary N) is 1. The minimum atomic E-state index is -0.0559. The van der Waals surface area contributed by atoms with Crippen LogP contribution in [0.25, 0.3) is 0 Å². The molecule has 2 aliphatic heterocycles. The third-order valence-electron chi connectivity index (χ3n) is 6.45. The molecular formula is C25H31N5O2. The summed E-state index contributed by atoms with van der Waals surface area (Å²) in [6.07, 6.45) is 7.44. The standard InChI is InChI=1S/C25H31N5O2/c1-2-3-6-24(31)29-16-12-20(13-17-29)19-7-9-22(10-8-19)30(23-5-4-14-27-28-23)25(32)21-11-15-26-18-21/h2,4-5,7-10,14,20-21,26H,1,3,6,11-13,15-18H2/t21-/m0/s1. The number of rotatable bonds is 7. The first-order valence-corrected chi connectivity index (χ1v) is 11.5. The maximum atomic E-state index is 13.3. The molecule has 32 heavy (non-hydrogen) atoms. The lowest BCUT2D eigenvalue weighted by molar-refractivity contribution is -0.132. The summed E-state index contributed by atoms with van der Waals surface area (Å²) in [6.45, 7) is 6.83. The van der Waals surface area contributed by atoms with Gasteiger partial charge in [0.05, 0.1) is 11.6 Å². The smallest absolute Gasteiger partial charge is 0.237 e. The molecule has 2 aromatic rings. The SMILES string of the molecule is C=CCCC(=O)N1CCC(c2ccc(N(C(=O)[C@H]3CCNC3)c3cccnn3)cc2)CC1. The molecule has 1 N–H and O–H groups in total. The fourth-order valence-corrected chi connectivity index (χ4v) is 4.57. The molecule has 0 spiro atoms. The third-order valence-corrected chi connectivity index (χ3v) is 6.45. The van der Waals surface area contributed by atoms with Crippen molar-refractivity contribution in [3.05, 3.63) is 60.8 Å². The van der Waals surface area contributed by atoms with Crippen molar-refractivity contribution in [2.45, 2.75) is 38.0 Å². The number of amides is 2. The molecule has 2 saturated heterocycles. The van der Waals surface area contributed by atoms with Gasteiger partial charge in [0.2, 0.25) is 11.8 Å². The van der Waals surface area contributed by atoms with Gasteiger partial charge in [0.15, 0.2) is 5.82 Å². The van der Waals surface area contributed by atoms with Gasteiger partial charge >= 0.3 is 0 Å². The molecule has 1 aromatic heterocycles. The van der Waals surface area contributed by atoms with Gasteiger partial charge in [-0.1, -0.05) is 18.2 Å². The van der Waals surface area contributed by atoms with E-state index < -0.39 is 0 Å². The van der Waals surface area contributed by atoms with Gasteiger partial charge in [0, 0.05) is 32.3 Å². The van der Waals surface area contributed by atoms with E-state index in [0.717, 1.165) is 51.0 Å². The number of hydrogen-bond donors (Lipinski definition) is 1. The number of benzene rings is 1. The zero-order chi connectivity index (χ0) is 22.3. The molecule has 3 heterocycles. The normalized spacial score (nSPS) is 19.0. The van der Waals surface area contributed by atoms with Crippen LogP contribution in [0.4, 0.5) is 11.5 Å². The molecule has 0 saturated carbocycles. The van der Waals surface area contributed by atoms with Crippen molar-refractivity contribution in [1.82, 2.24) is 20.4 Å². The zero-order valence-corrected chi connectivity index (χ0v) is 18.4. The van der Waals surface area contributed by atoms with Crippen LogP contribution in [0.15, 0.2) is 55.3 Å². The van der Waals surface area contributed by atoms with Gasteiger partial charge in [-0.15, -0.1) is 11.7 Å². The van der Waals surface area contributed by atoms with Crippen LogP contribution in [-0.2, 0) is 9.59 Å². The van der Waals surface area contributed by atoms with Gasteiger partial charge in [-0.05, 0) is 68.0 Å². The molecular weight excluding hydrogens is 402 g/mol. The Kier molecular flexibility index (Phi) is 7.27. The van der Waals surface area contributed by atoms with Gasteiger partial charge in [0.1, 0.15) is 0 Å². The molecule has 1 aromatic carbocycles. The van der Waals surface area contributed by atoms with Crippen LogP contribution in [0.2, 0.25) is 0 Å². The number of carbonyl (C=O) groups excluding carboxylic acids is 2. The van der Waals surface area contributed by atoms with Crippen LogP contribution in [0.3, 0.4) is 0 Å². The first-order chi connectivity index (χ1) is 15.7. The molecule has 0 radical (unpaired) electrons. The summed E-state index contributed by atoms with van der Waals surface area (Å²) in [4.78, 5) is 29.2. The summed E-state index contributed by atoms with van der Waals surface area (Å²) < 4.78 is 0. The Morgan fingerprint density at radius 3 is 2.56 bits per heavy atom. The molecule has 2 amide bonds. The highest BCUT2D eigenvalue weighted by Gasteiger charge is 2.30. The second-order valence-electron chi connectivity index (χ2n) is 8.52. The van der Waals surface area contributed by atoms with Crippen molar-refractivity contribution in [3.63, 3.8) is 0 Å². The van der Waals surface area contributed by atoms with Gasteiger partial charge in [-0.2, -0.15) is 5.10 Å². The molecule has 0 unspecified atom stereocenters. The van der Waals surface area contributed by atoms with Crippen molar-refractivity contribution in [3.8, 4) is 0 Å². The van der Waals surface area contributed by atoms with Crippen LogP contribution >= 0.6 is 0 Å². The summed E-state index contributed by atoms with van der Waals surface area (Å²) in [5, 5.41) is 11.4. The van der Waals surface area contributed by atoms with Crippen LogP contribution in [-0.4, -0.2) is 53.1 Å². The van der Waals surface area contributed by atoms with E-state index in [4.69, 9.17) is 0 Å². The predicted molar refractivity (Wildman–Crippen MR) is 125 cm³/mol. The maximum Gasteiger partial charge on any atom is 0.237 e. The van der Waals surface area contributed by atoms with E-state index in [-0.39, 0.29) is 17.7 Å². The molecule has 1 atom stereocenters. The average molecular weight is 434 g/mol. The predicted octanol–water partition coefficient (Wildman–Crippen LogP) is 3.42. The molecule has 0 bridgehead atoms. The lowest BCUT2D eigenvalue weighted by Gasteiger charge is -2.32. The van der Waals surface area contributed by atoms with Crippen LogP contribution in [0, 0.1) is 5.92 Å². The second kappa shape index (κ2) is 10.5. The highest BCUT2D eigenvalue weighted by Crippen LogP contribution is 2.32. The first-order valence-electron chi connectivity index (χ1n) is 11.5. The number of allylic oxidation sites excluding steroid dienone is 1. The van der Waals surface area contributed by atoms with E-state index in [0.29, 0.717) is 24.7 Å². The number of aromatic nitrogens is 2. The van der Waals surface area contributed by atoms with Crippen LogP contribution in [0.1, 0.15) is 43.6 Å². The van der Waals surface area contributed by atoms with E-state index in [1.807, 2.05) is 23.1 Å². The highest BCUT2D eigenvalue weighted by atomic mass is 16.2. The summed E-state index contributed by atoms with van der Waals surface area (Å²) >= 11 is 0. The Morgan fingerprint density at radius 2 is 1.94 bits per heavy atom. The van der Waals surface area contributed by atoms with E-state index in [9.17, 15) is 9.59 Å². The summed E-state index contributed by atoms with van der Waals surface area (Å²) in [5.74, 6) is 1.18. The van der Waals surface area contributed by atoms with Crippen LogP contribution < -0.4 is 10.2 Å². The van der Waals surface area contributed by atoms with E-state index in [1.165, 1.54) is 5.56 Å². The molecule has 2 fully saturated rings. The fraction of sp³-hybridized carbons (Fsp3) is 0.440. The molecule has 7 heteroatoms. The zero-order valence-electron chi connectivity index (χ0n) is 18.4. The first kappa shape index (κ1) is 22.1. The van der Waals surface area contributed by atoms with Crippen molar-refractivity contribution >= 4 is 23.3 Å². The Balaban J connectivity index is 1.46. The average Bonchev–Trinajstić information content (AvgIpc) is 3.39. The second-order valence-corrected chi connectivity index (χ2v) is 8.52. The maximum absolute atomic E-state index is 13.3. The topological polar surface area (TPSA) is 78.4 Å². The van der Waals surface area contributed by atoms with Crippen molar-refractivity contribution in [2.24, 2.45) is 5.92 Å². The van der Waals surface area contributed by atoms with E-state index in [1.54, 1.807) is 23.2 Å². The van der Waals surface area contributed by atoms with E-state index in [2.05, 4.69) is 34.2 Å². The Labute approximate surface area is 189 Å². The van der Waals surface area contributed by atoms with Crippen LogP contribution in [0.5, 0.6) is 0 Å². The minimum absolute atomic E-state index is 0.0506. The third kappa shape index (κ3) is 5.05. The Bertz CT molecular complexity index is 917. The monoisotopic (exact) mass is 433 g/mol. The van der Waals surface area contributed by atoms with Gasteiger partial charge in [0.25, 0.3) is 0 Å². The van der Waals surface area contributed by atoms with Crippen molar-refractivity contribution in [1.29, 1.82) is 0 Å². The quantitative estimate of drug-likeness (QED) is 0.677. The highest BCUT2D eigenvalue weighted by molar-refractivity contribution is 6.01. The summed E-state index contributed by atoms with van der Waals surface area (Å²) in [6, 6.07) is 11.9. The Hall–Kier alpha value is -3.06. The molecule has 168 valence electrons. The number of nitrogens with zero attached hydrogens (tertiary/aromatic N) is 4. The van der Waals surface area contributed by atoms with Gasteiger partial charge in [-0.25, -0.2) is 0 Å². The molecule has 0 aliphatic carbocycles. The van der Waals surface area contributed by atoms with E-state index >= 15 is 0 Å². The number of hydrogen-bond acceptors (Lipinski definition) is 5. The lowest BCUT2D eigenvalue weighted by Crippen LogP contribution is -2.37. The largest absolute Gasteiger partial charge is 0.343 e. The van der Waals surface area contributed by atoms with Crippen molar-refractivity contribution < 1.29 is 9.59 Å². The summed E-state index contributed by atoms with van der Waals surface area (Å²) in [5.41, 5.74) is 2.06. The number of piperidine rings is 1. The Morgan fingerprint density at radius 1 is 1.16 bits per heavy atom. The van der Waals surface area contributed by atoms with Gasteiger partial charge in [-0.3, -0.25) is 14.5 Å².